The molecule has 1 N–H and O–H groups in total. The molecular weight excluding hydrogens is 502 g/mol. The van der Waals surface area contributed by atoms with Crippen molar-refractivity contribution in [3.8, 4) is 5.75 Å². The Labute approximate surface area is 228 Å². The largest absolute Gasteiger partial charge is 0.497 e. The first-order valence-electron chi connectivity index (χ1n) is 13.6. The zero-order valence-electron chi connectivity index (χ0n) is 22.1. The van der Waals surface area contributed by atoms with Crippen molar-refractivity contribution in [2.45, 2.75) is 48.6 Å². The van der Waals surface area contributed by atoms with Crippen LogP contribution >= 0.6 is 11.8 Å². The molecule has 4 aliphatic rings. The maximum absolute atomic E-state index is 14.4. The molecule has 1 spiro atoms. The van der Waals surface area contributed by atoms with E-state index in [1.807, 2.05) is 41.3 Å². The Morgan fingerprint density at radius 2 is 1.79 bits per heavy atom. The Balaban J connectivity index is 1.54. The second-order valence-corrected chi connectivity index (χ2v) is 11.9. The number of hydrogen-bond acceptors (Lipinski definition) is 6. The summed E-state index contributed by atoms with van der Waals surface area (Å²) in [7, 11) is 1.61. The number of fused-ring (bicyclic) bond motifs is 2. The van der Waals surface area contributed by atoms with Crippen LogP contribution < -0.4 is 9.64 Å². The molecule has 4 aliphatic heterocycles. The topological polar surface area (TPSA) is 90.4 Å². The van der Waals surface area contributed by atoms with E-state index < -0.39 is 22.6 Å². The molecule has 3 amide bonds. The zero-order chi connectivity index (χ0) is 26.9. The molecule has 9 heteroatoms. The molecular formula is C29H37N3O5S. The fourth-order valence-electron chi connectivity index (χ4n) is 6.46. The van der Waals surface area contributed by atoms with Crippen molar-refractivity contribution < 1.29 is 24.2 Å². The molecule has 0 aliphatic carbocycles. The predicted octanol–water partition coefficient (Wildman–Crippen LogP) is 2.87. The van der Waals surface area contributed by atoms with E-state index in [9.17, 15) is 19.5 Å². The Morgan fingerprint density at radius 3 is 2.50 bits per heavy atom. The second kappa shape index (κ2) is 11.1. The summed E-state index contributed by atoms with van der Waals surface area (Å²) in [4.78, 5) is 47.8. The van der Waals surface area contributed by atoms with Gasteiger partial charge in [0.25, 0.3) is 5.91 Å². The third-order valence-corrected chi connectivity index (χ3v) is 9.92. The quantitative estimate of drug-likeness (QED) is 0.384. The van der Waals surface area contributed by atoms with Crippen molar-refractivity contribution in [1.82, 2.24) is 9.80 Å². The maximum atomic E-state index is 14.4. The number of carbonyl (C=O) groups excluding carboxylic acids is 3. The highest BCUT2D eigenvalue weighted by atomic mass is 32.2. The van der Waals surface area contributed by atoms with Gasteiger partial charge in [0.1, 0.15) is 11.8 Å². The summed E-state index contributed by atoms with van der Waals surface area (Å²) < 4.78 is 4.49. The van der Waals surface area contributed by atoms with E-state index >= 15 is 0 Å². The van der Waals surface area contributed by atoms with Crippen molar-refractivity contribution in [2.24, 2.45) is 11.8 Å². The Kier molecular flexibility index (Phi) is 7.86. The molecule has 0 saturated carbocycles. The number of aliphatic hydroxyl groups excluding tert-OH is 1. The van der Waals surface area contributed by atoms with E-state index in [4.69, 9.17) is 4.74 Å². The summed E-state index contributed by atoms with van der Waals surface area (Å²) >= 11 is 1.61. The van der Waals surface area contributed by atoms with Gasteiger partial charge in [-0.2, -0.15) is 0 Å². The first kappa shape index (κ1) is 26.8. The number of amides is 3. The molecule has 0 aromatic heterocycles. The first-order chi connectivity index (χ1) is 18.5. The number of methoxy groups -OCH3 is 1. The van der Waals surface area contributed by atoms with Gasteiger partial charge in [0.2, 0.25) is 11.8 Å². The monoisotopic (exact) mass is 539 g/mol. The van der Waals surface area contributed by atoms with Crippen molar-refractivity contribution in [1.29, 1.82) is 0 Å². The van der Waals surface area contributed by atoms with Crippen LogP contribution in [-0.4, -0.2) is 88.6 Å². The van der Waals surface area contributed by atoms with Crippen LogP contribution in [0, 0.1) is 11.8 Å². The van der Waals surface area contributed by atoms with Crippen LogP contribution in [-0.2, 0) is 14.4 Å². The number of ether oxygens (including phenoxy) is 1. The number of carbonyl (C=O) groups is 3. The molecule has 4 heterocycles. The second-order valence-electron chi connectivity index (χ2n) is 10.4. The van der Waals surface area contributed by atoms with Gasteiger partial charge in [-0.05, 0) is 49.9 Å². The lowest BCUT2D eigenvalue weighted by Crippen LogP contribution is -2.53. The highest BCUT2D eigenvalue weighted by Gasteiger charge is 2.70. The number of unbranched alkanes of at least 4 members (excludes halogenated alkanes) is 2. The standard InChI is InChI=1S/C29H37N3O5S/c1-3-15-30-16-7-9-22-23(26(30)34)24-27(35)32(17-5-4-6-19-33)25-28(36)31(18-8-14-29(24,25)38-22)20-10-12-21(37-2)13-11-20/h7-14,22-25,33H,3-6,15-19H2,1-2H3/t22-,23+,24-,25?,29-/m0/s1. The summed E-state index contributed by atoms with van der Waals surface area (Å²) in [6.45, 7) is 4.19. The minimum Gasteiger partial charge on any atom is -0.497 e. The fourth-order valence-corrected chi connectivity index (χ4v) is 8.47. The van der Waals surface area contributed by atoms with Crippen LogP contribution in [0.5, 0.6) is 5.75 Å². The highest BCUT2D eigenvalue weighted by Crippen LogP contribution is 2.61. The molecule has 5 rings (SSSR count). The lowest BCUT2D eigenvalue weighted by Gasteiger charge is -2.35. The van der Waals surface area contributed by atoms with E-state index in [1.165, 1.54) is 0 Å². The third-order valence-electron chi connectivity index (χ3n) is 8.18. The van der Waals surface area contributed by atoms with Crippen LogP contribution in [0.25, 0.3) is 0 Å². The Morgan fingerprint density at radius 1 is 1.00 bits per heavy atom. The van der Waals surface area contributed by atoms with Gasteiger partial charge in [0.05, 0.1) is 23.7 Å². The number of benzene rings is 1. The van der Waals surface area contributed by atoms with Gasteiger partial charge < -0.3 is 24.5 Å². The molecule has 1 aromatic carbocycles. The van der Waals surface area contributed by atoms with Crippen molar-refractivity contribution in [2.75, 3.05) is 44.8 Å². The summed E-state index contributed by atoms with van der Waals surface area (Å²) in [5.74, 6) is -0.586. The summed E-state index contributed by atoms with van der Waals surface area (Å²) in [6.07, 6.45) is 11.1. The number of thioether (sulfide) groups is 1. The van der Waals surface area contributed by atoms with Gasteiger partial charge >= 0.3 is 0 Å². The lowest BCUT2D eigenvalue weighted by atomic mass is 9.78. The summed E-state index contributed by atoms with van der Waals surface area (Å²) in [5.41, 5.74) is 0.746. The number of hydrogen-bond donors (Lipinski definition) is 1. The zero-order valence-corrected chi connectivity index (χ0v) is 22.9. The molecule has 1 aromatic rings. The average molecular weight is 540 g/mol. The molecule has 0 radical (unpaired) electrons. The Bertz CT molecular complexity index is 1120. The fraction of sp³-hybridized carbons (Fsp3) is 0.552. The SMILES string of the molecule is CCCN1CC=C[C@@H]2S[C@]34C=CCN(c5ccc(OC)cc5)C(=O)C3N(CCCCCO)C(=O)[C@@H]4[C@@H]2C1=O. The maximum Gasteiger partial charge on any atom is 0.251 e. The van der Waals surface area contributed by atoms with Gasteiger partial charge in [-0.25, -0.2) is 0 Å². The van der Waals surface area contributed by atoms with Gasteiger partial charge in [-0.15, -0.1) is 11.8 Å². The van der Waals surface area contributed by atoms with Crippen LogP contribution in [0.15, 0.2) is 48.6 Å². The third kappa shape index (κ3) is 4.43. The van der Waals surface area contributed by atoms with E-state index in [-0.39, 0.29) is 29.6 Å². The molecule has 2 saturated heterocycles. The van der Waals surface area contributed by atoms with E-state index in [1.54, 1.807) is 28.7 Å². The van der Waals surface area contributed by atoms with Gasteiger partial charge in [-0.1, -0.05) is 31.2 Å². The van der Waals surface area contributed by atoms with Crippen LogP contribution in [0.4, 0.5) is 5.69 Å². The molecule has 204 valence electrons. The van der Waals surface area contributed by atoms with E-state index in [0.29, 0.717) is 44.8 Å². The minimum atomic E-state index is -0.809. The highest BCUT2D eigenvalue weighted by molar-refractivity contribution is 8.02. The molecule has 2 fully saturated rings. The number of likely N-dealkylation sites (tertiary alicyclic amines) is 1. The number of nitrogens with zero attached hydrogens (tertiary/aromatic N) is 3. The van der Waals surface area contributed by atoms with Crippen molar-refractivity contribution in [3.63, 3.8) is 0 Å². The minimum absolute atomic E-state index is 0.0163. The van der Waals surface area contributed by atoms with Crippen LogP contribution in [0.1, 0.15) is 32.6 Å². The molecule has 8 nitrogen and oxygen atoms in total. The Hall–Kier alpha value is -2.78. The molecule has 5 atom stereocenters. The van der Waals surface area contributed by atoms with Crippen LogP contribution in [0.3, 0.4) is 0 Å². The number of aliphatic hydroxyl groups is 1. The van der Waals surface area contributed by atoms with E-state index in [2.05, 4.69) is 19.1 Å². The predicted molar refractivity (Wildman–Crippen MR) is 148 cm³/mol. The normalized spacial score (nSPS) is 30.3. The number of anilines is 1. The van der Waals surface area contributed by atoms with E-state index in [0.717, 1.165) is 18.5 Å². The first-order valence-corrected chi connectivity index (χ1v) is 14.5. The van der Waals surface area contributed by atoms with Crippen molar-refractivity contribution >= 4 is 35.2 Å². The van der Waals surface area contributed by atoms with Crippen LogP contribution in [0.2, 0.25) is 0 Å². The lowest BCUT2D eigenvalue weighted by molar-refractivity contribution is -0.142. The van der Waals surface area contributed by atoms with Gasteiger partial charge in [0, 0.05) is 43.7 Å². The smallest absolute Gasteiger partial charge is 0.251 e. The van der Waals surface area contributed by atoms with Gasteiger partial charge in [-0.3, -0.25) is 14.4 Å². The average Bonchev–Trinajstić information content (AvgIpc) is 3.24. The molecule has 38 heavy (non-hydrogen) atoms. The molecule has 0 bridgehead atoms. The summed E-state index contributed by atoms with van der Waals surface area (Å²) in [6, 6.07) is 6.69. The number of rotatable bonds is 9. The van der Waals surface area contributed by atoms with Crippen molar-refractivity contribution in [3.05, 3.63) is 48.6 Å². The summed E-state index contributed by atoms with van der Waals surface area (Å²) in [5, 5.41) is 9.10. The van der Waals surface area contributed by atoms with Gasteiger partial charge in [0.15, 0.2) is 0 Å². The molecule has 1 unspecified atom stereocenters.